The van der Waals surface area contributed by atoms with Crippen molar-refractivity contribution in [3.8, 4) is 5.88 Å². The fourth-order valence-corrected chi connectivity index (χ4v) is 0.762. The first-order chi connectivity index (χ1) is 6.44. The van der Waals surface area contributed by atoms with E-state index < -0.39 is 17.9 Å². The number of halogens is 3. The Balaban J connectivity index is 3.04. The van der Waals surface area contributed by atoms with E-state index in [0.717, 1.165) is 6.20 Å². The fourth-order valence-electron chi connectivity index (χ4n) is 0.762. The normalized spacial score (nSPS) is 11.1. The number of anilines is 1. The number of hydrogen-bond acceptors (Lipinski definition) is 4. The fraction of sp³-hybridized carbons (Fsp3) is 0.143. The number of rotatable bonds is 2. The summed E-state index contributed by atoms with van der Waals surface area (Å²) in [5.74, 6) is -0.817. The predicted octanol–water partition coefficient (Wildman–Crippen LogP) is 1.37. The molecule has 0 bridgehead atoms. The van der Waals surface area contributed by atoms with Crippen molar-refractivity contribution in [1.29, 1.82) is 0 Å². The number of aldehydes is 1. The summed E-state index contributed by atoms with van der Waals surface area (Å²) >= 11 is 0. The first kappa shape index (κ1) is 10.3. The van der Waals surface area contributed by atoms with Crippen LogP contribution in [0.1, 0.15) is 10.4 Å². The Labute approximate surface area is 76.5 Å². The first-order valence-electron chi connectivity index (χ1n) is 3.39. The Morgan fingerprint density at radius 3 is 2.64 bits per heavy atom. The highest BCUT2D eigenvalue weighted by Gasteiger charge is 2.33. The molecule has 1 aromatic rings. The molecule has 0 saturated carbocycles. The molecule has 2 N–H and O–H groups in total. The molecular formula is C7H5F3N2O2. The van der Waals surface area contributed by atoms with E-state index in [1.165, 1.54) is 6.07 Å². The van der Waals surface area contributed by atoms with E-state index in [2.05, 4.69) is 9.72 Å². The van der Waals surface area contributed by atoms with Gasteiger partial charge in [-0.3, -0.25) is 4.79 Å². The molecule has 1 heterocycles. The number of ether oxygens (including phenoxy) is 1. The summed E-state index contributed by atoms with van der Waals surface area (Å²) in [5, 5.41) is 0. The Kier molecular flexibility index (Phi) is 2.59. The van der Waals surface area contributed by atoms with E-state index in [0.29, 0.717) is 6.29 Å². The quantitative estimate of drug-likeness (QED) is 0.742. The van der Waals surface area contributed by atoms with Gasteiger partial charge in [-0.1, -0.05) is 0 Å². The second-order valence-corrected chi connectivity index (χ2v) is 2.28. The number of nitrogens with zero attached hydrogens (tertiary/aromatic N) is 1. The van der Waals surface area contributed by atoms with Crippen molar-refractivity contribution in [3.63, 3.8) is 0 Å². The van der Waals surface area contributed by atoms with Gasteiger partial charge in [0.1, 0.15) is 5.69 Å². The summed E-state index contributed by atoms with van der Waals surface area (Å²) in [5.41, 5.74) is 4.65. The molecule has 14 heavy (non-hydrogen) atoms. The molecule has 0 spiro atoms. The number of pyridine rings is 1. The van der Waals surface area contributed by atoms with Crippen LogP contribution in [-0.4, -0.2) is 17.6 Å². The van der Waals surface area contributed by atoms with E-state index in [1.54, 1.807) is 0 Å². The molecule has 0 aliphatic heterocycles. The van der Waals surface area contributed by atoms with Crippen molar-refractivity contribution < 1.29 is 22.7 Å². The molecule has 4 nitrogen and oxygen atoms in total. The smallest absolute Gasteiger partial charge is 0.394 e. The molecule has 0 amide bonds. The van der Waals surface area contributed by atoms with E-state index in [4.69, 9.17) is 5.73 Å². The van der Waals surface area contributed by atoms with Gasteiger partial charge >= 0.3 is 6.36 Å². The molecule has 76 valence electrons. The maximum atomic E-state index is 11.8. The van der Waals surface area contributed by atoms with Crippen LogP contribution in [0.5, 0.6) is 5.88 Å². The average molecular weight is 206 g/mol. The zero-order valence-corrected chi connectivity index (χ0v) is 6.71. The van der Waals surface area contributed by atoms with E-state index in [9.17, 15) is 18.0 Å². The van der Waals surface area contributed by atoms with Gasteiger partial charge in [0.2, 0.25) is 5.88 Å². The average Bonchev–Trinajstić information content (AvgIpc) is 2.06. The van der Waals surface area contributed by atoms with Gasteiger partial charge in [0.15, 0.2) is 6.29 Å². The summed E-state index contributed by atoms with van der Waals surface area (Å²) in [6.07, 6.45) is -3.55. The van der Waals surface area contributed by atoms with Crippen LogP contribution in [0.25, 0.3) is 0 Å². The maximum Gasteiger partial charge on any atom is 0.574 e. The molecule has 7 heteroatoms. The number of nitrogen functional groups attached to an aromatic ring is 1. The van der Waals surface area contributed by atoms with Crippen LogP contribution >= 0.6 is 0 Å². The van der Waals surface area contributed by atoms with Gasteiger partial charge in [0, 0.05) is 11.8 Å². The lowest BCUT2D eigenvalue weighted by molar-refractivity contribution is -0.275. The van der Waals surface area contributed by atoms with Crippen LogP contribution in [0.2, 0.25) is 0 Å². The van der Waals surface area contributed by atoms with Crippen LogP contribution < -0.4 is 10.5 Å². The molecule has 0 saturated heterocycles. The molecule has 0 fully saturated rings. The zero-order valence-electron chi connectivity index (χ0n) is 6.71. The van der Waals surface area contributed by atoms with Crippen LogP contribution in [0, 0.1) is 0 Å². The molecule has 1 aromatic heterocycles. The van der Waals surface area contributed by atoms with Gasteiger partial charge in [-0.2, -0.15) is 0 Å². The van der Waals surface area contributed by atoms with Crippen molar-refractivity contribution in [2.75, 3.05) is 5.73 Å². The van der Waals surface area contributed by atoms with Crippen LogP contribution in [0.4, 0.5) is 18.9 Å². The minimum absolute atomic E-state index is 0.0979. The number of carbonyl (C=O) groups is 1. The molecule has 0 aromatic carbocycles. The summed E-state index contributed by atoms with van der Waals surface area (Å²) in [4.78, 5) is 13.5. The highest BCUT2D eigenvalue weighted by atomic mass is 19.4. The number of hydrogen-bond donors (Lipinski definition) is 1. The van der Waals surface area contributed by atoms with Crippen molar-refractivity contribution in [1.82, 2.24) is 4.98 Å². The highest BCUT2D eigenvalue weighted by molar-refractivity contribution is 5.84. The van der Waals surface area contributed by atoms with Gasteiger partial charge in [0.25, 0.3) is 0 Å². The van der Waals surface area contributed by atoms with Gasteiger partial charge in [0.05, 0.1) is 0 Å². The van der Waals surface area contributed by atoms with Crippen molar-refractivity contribution in [2.45, 2.75) is 6.36 Å². The minimum Gasteiger partial charge on any atom is -0.394 e. The number of aromatic nitrogens is 1. The summed E-state index contributed by atoms with van der Waals surface area (Å²) in [6, 6.07) is 1.19. The molecular weight excluding hydrogens is 201 g/mol. The molecule has 0 unspecified atom stereocenters. The SMILES string of the molecule is Nc1c(C=O)ccnc1OC(F)(F)F. The van der Waals surface area contributed by atoms with Gasteiger partial charge in [-0.25, -0.2) is 4.98 Å². The number of nitrogens with two attached hydrogens (primary N) is 1. The van der Waals surface area contributed by atoms with Crippen LogP contribution in [0.15, 0.2) is 12.3 Å². The maximum absolute atomic E-state index is 11.8. The standard InChI is InChI=1S/C7H5F3N2O2/c8-7(9,10)14-6-5(11)4(3-13)1-2-12-6/h1-3H,11H2. The van der Waals surface area contributed by atoms with Crippen LogP contribution in [0.3, 0.4) is 0 Å². The summed E-state index contributed by atoms with van der Waals surface area (Å²) in [6.45, 7) is 0. The molecule has 0 radical (unpaired) electrons. The monoisotopic (exact) mass is 206 g/mol. The predicted molar refractivity (Wildman–Crippen MR) is 40.7 cm³/mol. The topological polar surface area (TPSA) is 65.2 Å². The second-order valence-electron chi connectivity index (χ2n) is 2.28. The lowest BCUT2D eigenvalue weighted by Gasteiger charge is -2.10. The van der Waals surface area contributed by atoms with E-state index >= 15 is 0 Å². The second kappa shape index (κ2) is 3.52. The Bertz CT molecular complexity index is 351. The van der Waals surface area contributed by atoms with E-state index in [-0.39, 0.29) is 5.56 Å². The lowest BCUT2D eigenvalue weighted by atomic mass is 10.2. The molecule has 0 aliphatic rings. The third-order valence-electron chi connectivity index (χ3n) is 1.33. The lowest BCUT2D eigenvalue weighted by Crippen LogP contribution is -2.19. The van der Waals surface area contributed by atoms with Crippen molar-refractivity contribution in [2.24, 2.45) is 0 Å². The number of alkyl halides is 3. The van der Waals surface area contributed by atoms with Gasteiger partial charge in [-0.15, -0.1) is 13.2 Å². The Morgan fingerprint density at radius 1 is 1.50 bits per heavy atom. The minimum atomic E-state index is -4.87. The van der Waals surface area contributed by atoms with Gasteiger partial charge in [-0.05, 0) is 6.07 Å². The zero-order chi connectivity index (χ0) is 10.8. The largest absolute Gasteiger partial charge is 0.574 e. The molecule has 0 aliphatic carbocycles. The molecule has 1 rings (SSSR count). The van der Waals surface area contributed by atoms with Crippen molar-refractivity contribution >= 4 is 12.0 Å². The first-order valence-corrected chi connectivity index (χ1v) is 3.39. The third-order valence-corrected chi connectivity index (χ3v) is 1.33. The van der Waals surface area contributed by atoms with Crippen molar-refractivity contribution in [3.05, 3.63) is 17.8 Å². The van der Waals surface area contributed by atoms with Crippen LogP contribution in [-0.2, 0) is 0 Å². The highest BCUT2D eigenvalue weighted by Crippen LogP contribution is 2.27. The number of carbonyl (C=O) groups excluding carboxylic acids is 1. The Morgan fingerprint density at radius 2 is 2.14 bits per heavy atom. The molecule has 0 atom stereocenters. The Hall–Kier alpha value is -1.79. The van der Waals surface area contributed by atoms with E-state index in [1.807, 2.05) is 0 Å². The third kappa shape index (κ3) is 2.35. The summed E-state index contributed by atoms with van der Waals surface area (Å²) < 4.78 is 38.7. The van der Waals surface area contributed by atoms with Gasteiger partial charge < -0.3 is 10.5 Å². The summed E-state index contributed by atoms with van der Waals surface area (Å²) in [7, 11) is 0.